The zero-order valence-electron chi connectivity index (χ0n) is 23.6. The maximum atomic E-state index is 11.8. The van der Waals surface area contributed by atoms with Crippen molar-refractivity contribution >= 4 is 17.5 Å². The number of amides is 1. The van der Waals surface area contributed by atoms with Gasteiger partial charge in [0, 0.05) is 36.7 Å². The van der Waals surface area contributed by atoms with Gasteiger partial charge in [0.15, 0.2) is 5.78 Å². The Morgan fingerprint density at radius 1 is 1.14 bits per heavy atom. The van der Waals surface area contributed by atoms with Gasteiger partial charge in [0.2, 0.25) is 5.91 Å². The molecule has 2 unspecified atom stereocenters. The Bertz CT molecular complexity index is 1070. The summed E-state index contributed by atoms with van der Waals surface area (Å²) in [6, 6.07) is 10.0. The molecule has 4 rings (SSSR count). The number of nitrogens with one attached hydrogen (secondary N) is 1. The molecule has 0 bridgehead atoms. The van der Waals surface area contributed by atoms with Crippen LogP contribution in [0.5, 0.6) is 0 Å². The van der Waals surface area contributed by atoms with Crippen molar-refractivity contribution in [1.82, 2.24) is 20.0 Å². The van der Waals surface area contributed by atoms with E-state index in [0.717, 1.165) is 30.9 Å². The van der Waals surface area contributed by atoms with Gasteiger partial charge in [-0.3, -0.25) is 19.5 Å². The lowest BCUT2D eigenvalue weighted by Gasteiger charge is -2.20. The molecule has 1 N–H and O–H groups in total. The molecule has 2 fully saturated rings. The Kier molecular flexibility index (Phi) is 11.9. The number of nitrogens with zero attached hydrogens (tertiary/aromatic N) is 3. The van der Waals surface area contributed by atoms with Crippen LogP contribution in [0.4, 0.5) is 0 Å². The molecular formula is C30H44N4O3. The first-order chi connectivity index (χ1) is 17.5. The highest BCUT2D eigenvalue weighted by molar-refractivity contribution is 5.93. The predicted molar refractivity (Wildman–Crippen MR) is 149 cm³/mol. The number of carbonyl (C=O) groups is 3. The van der Waals surface area contributed by atoms with Crippen LogP contribution in [0, 0.1) is 13.8 Å². The summed E-state index contributed by atoms with van der Waals surface area (Å²) in [6.45, 7) is 10.7. The third-order valence-electron chi connectivity index (χ3n) is 6.61. The summed E-state index contributed by atoms with van der Waals surface area (Å²) in [7, 11) is 3.89. The highest BCUT2D eigenvalue weighted by atomic mass is 16.2. The van der Waals surface area contributed by atoms with Crippen LogP contribution in [0.3, 0.4) is 0 Å². The lowest BCUT2D eigenvalue weighted by molar-refractivity contribution is -0.133. The molecule has 0 spiro atoms. The fourth-order valence-electron chi connectivity index (χ4n) is 4.11. The number of hydrogen-bond donors (Lipinski definition) is 1. The van der Waals surface area contributed by atoms with Gasteiger partial charge in [0.1, 0.15) is 5.78 Å². The summed E-state index contributed by atoms with van der Waals surface area (Å²) in [4.78, 5) is 37.8. The fourth-order valence-corrected chi connectivity index (χ4v) is 4.11. The zero-order chi connectivity index (χ0) is 27.5. The van der Waals surface area contributed by atoms with Crippen LogP contribution in [0.25, 0.3) is 0 Å². The first kappa shape index (κ1) is 30.2. The Hall–Kier alpha value is -3.06. The van der Waals surface area contributed by atoms with E-state index in [1.165, 1.54) is 29.8 Å². The van der Waals surface area contributed by atoms with Crippen molar-refractivity contribution < 1.29 is 14.4 Å². The predicted octanol–water partition coefficient (Wildman–Crippen LogP) is 4.97. The Balaban J connectivity index is 0.000000203. The van der Waals surface area contributed by atoms with Gasteiger partial charge >= 0.3 is 0 Å². The van der Waals surface area contributed by atoms with Crippen LogP contribution in [-0.2, 0) is 14.4 Å². The molecule has 0 radical (unpaired) electrons. The molecule has 1 aliphatic heterocycles. The summed E-state index contributed by atoms with van der Waals surface area (Å²) in [5, 5.41) is 7.09. The average Bonchev–Trinajstić information content (AvgIpc) is 3.39. The van der Waals surface area contributed by atoms with Crippen molar-refractivity contribution in [3.8, 4) is 0 Å². The van der Waals surface area contributed by atoms with Gasteiger partial charge in [0.25, 0.3) is 0 Å². The normalized spacial score (nSPS) is 17.6. The molecule has 37 heavy (non-hydrogen) atoms. The summed E-state index contributed by atoms with van der Waals surface area (Å²) in [5.41, 5.74) is 4.76. The summed E-state index contributed by atoms with van der Waals surface area (Å²) in [5.74, 6) is 1.09. The van der Waals surface area contributed by atoms with Crippen molar-refractivity contribution in [2.75, 3.05) is 27.2 Å². The molecule has 1 aromatic carbocycles. The maximum Gasteiger partial charge on any atom is 0.246 e. The second-order valence-electron chi connectivity index (χ2n) is 10.5. The number of benzene rings is 1. The van der Waals surface area contributed by atoms with Gasteiger partial charge in [-0.25, -0.2) is 0 Å². The van der Waals surface area contributed by atoms with E-state index in [-0.39, 0.29) is 29.4 Å². The number of carbonyl (C=O) groups excluding carboxylic acids is 3. The number of aryl methyl sites for hydroxylation is 2. The van der Waals surface area contributed by atoms with E-state index >= 15 is 0 Å². The third kappa shape index (κ3) is 10.4. The van der Waals surface area contributed by atoms with Gasteiger partial charge in [0.05, 0.1) is 11.7 Å². The first-order valence-electron chi connectivity index (χ1n) is 13.2. The van der Waals surface area contributed by atoms with Crippen molar-refractivity contribution in [2.24, 2.45) is 0 Å². The molecule has 2 aromatic rings. The van der Waals surface area contributed by atoms with Crippen LogP contribution in [-0.4, -0.2) is 70.7 Å². The maximum absolute atomic E-state index is 11.8. The van der Waals surface area contributed by atoms with E-state index in [9.17, 15) is 14.4 Å². The molecule has 1 saturated carbocycles. The van der Waals surface area contributed by atoms with Crippen molar-refractivity contribution in [1.29, 1.82) is 0 Å². The molecule has 2 atom stereocenters. The minimum Gasteiger partial charge on any atom is -0.329 e. The lowest BCUT2D eigenvalue weighted by Crippen LogP contribution is -2.38. The zero-order valence-corrected chi connectivity index (χ0v) is 23.6. The van der Waals surface area contributed by atoms with E-state index in [0.29, 0.717) is 6.54 Å². The van der Waals surface area contributed by atoms with Crippen molar-refractivity contribution in [3.63, 3.8) is 0 Å². The number of rotatable bonds is 7. The van der Waals surface area contributed by atoms with Crippen LogP contribution in [0.15, 0.2) is 42.5 Å². The molecule has 202 valence electrons. The Morgan fingerprint density at radius 2 is 1.84 bits per heavy atom. The molecule has 1 aromatic heterocycles. The monoisotopic (exact) mass is 508 g/mol. The molecular weight excluding hydrogens is 464 g/mol. The SMILES string of the molecule is CC(=O)C(C)c1cccc(C)c1.CC(=O)C1CCCN1C(=O)/C=C/CN(C)C.Cc1cc(C2CC2)n[nH]1. The van der Waals surface area contributed by atoms with E-state index in [1.807, 2.05) is 64.0 Å². The fraction of sp³-hybridized carbons (Fsp3) is 0.533. The van der Waals surface area contributed by atoms with Crippen LogP contribution in [0.2, 0.25) is 0 Å². The molecule has 2 heterocycles. The summed E-state index contributed by atoms with van der Waals surface area (Å²) in [6.07, 6.45) is 7.81. The number of likely N-dealkylation sites (N-methyl/N-ethyl adjacent to an activating group) is 1. The number of H-pyrrole nitrogens is 1. The average molecular weight is 509 g/mol. The number of aromatic amines is 1. The second kappa shape index (κ2) is 14.6. The quantitative estimate of drug-likeness (QED) is 0.534. The van der Waals surface area contributed by atoms with Crippen molar-refractivity contribution in [2.45, 2.75) is 78.2 Å². The summed E-state index contributed by atoms with van der Waals surface area (Å²) < 4.78 is 0. The van der Waals surface area contributed by atoms with E-state index in [1.54, 1.807) is 24.8 Å². The van der Waals surface area contributed by atoms with Crippen LogP contribution >= 0.6 is 0 Å². The number of likely N-dealkylation sites (tertiary alicyclic amines) is 1. The molecule has 7 nitrogen and oxygen atoms in total. The molecule has 2 aliphatic rings. The highest BCUT2D eigenvalue weighted by Crippen LogP contribution is 2.38. The van der Waals surface area contributed by atoms with Crippen LogP contribution < -0.4 is 0 Å². The van der Waals surface area contributed by atoms with Gasteiger partial charge < -0.3 is 9.80 Å². The molecule has 1 aliphatic carbocycles. The number of aromatic nitrogens is 2. The van der Waals surface area contributed by atoms with Crippen molar-refractivity contribution in [3.05, 3.63) is 65.0 Å². The first-order valence-corrected chi connectivity index (χ1v) is 13.2. The second-order valence-corrected chi connectivity index (χ2v) is 10.5. The van der Waals surface area contributed by atoms with E-state index in [4.69, 9.17) is 0 Å². The van der Waals surface area contributed by atoms with E-state index in [2.05, 4.69) is 22.3 Å². The number of hydrogen-bond acceptors (Lipinski definition) is 5. The van der Waals surface area contributed by atoms with E-state index < -0.39 is 0 Å². The largest absolute Gasteiger partial charge is 0.329 e. The van der Waals surface area contributed by atoms with Gasteiger partial charge in [-0.1, -0.05) is 42.8 Å². The minimum atomic E-state index is -0.198. The van der Waals surface area contributed by atoms with Gasteiger partial charge in [-0.15, -0.1) is 0 Å². The smallest absolute Gasteiger partial charge is 0.246 e. The highest BCUT2D eigenvalue weighted by Gasteiger charge is 2.30. The topological polar surface area (TPSA) is 86.4 Å². The van der Waals surface area contributed by atoms with Crippen LogP contribution in [0.1, 0.15) is 80.8 Å². The Labute approximate surface area is 222 Å². The molecule has 7 heteroatoms. The van der Waals surface area contributed by atoms with Gasteiger partial charge in [-0.05, 0) is 79.1 Å². The third-order valence-corrected chi connectivity index (χ3v) is 6.61. The Morgan fingerprint density at radius 3 is 2.35 bits per heavy atom. The molecule has 1 amide bonds. The molecule has 1 saturated heterocycles. The number of ketones is 2. The lowest BCUT2D eigenvalue weighted by atomic mass is 9.96. The standard InChI is InChI=1S/C12H20N2O2.C11H14O.C7H10N2/c1-10(15)11-6-4-9-14(11)12(16)7-5-8-13(2)3;1-8-5-4-6-11(7-8)9(2)10(3)12;1-5-4-7(9-8-5)6-2-3-6/h5,7,11H,4,6,8-9H2,1-3H3;4-7,9H,1-3H3;4,6H,2-3H2,1H3,(H,8,9)/b7-5+;;. The van der Waals surface area contributed by atoms with Gasteiger partial charge in [-0.2, -0.15) is 5.10 Å². The number of Topliss-reactive ketones (excluding diaryl/α,β-unsaturated/α-hetero) is 2. The summed E-state index contributed by atoms with van der Waals surface area (Å²) >= 11 is 0. The minimum absolute atomic E-state index is 0.0323.